The summed E-state index contributed by atoms with van der Waals surface area (Å²) in [5.41, 5.74) is 1.28. The number of benzene rings is 2. The Bertz CT molecular complexity index is 579. The average molecular weight is 279 g/mol. The molecule has 2 nitrogen and oxygen atoms in total. The minimum absolute atomic E-state index is 0.253. The predicted octanol–water partition coefficient (Wildman–Crippen LogP) is 4.20. The molecule has 0 aliphatic carbocycles. The summed E-state index contributed by atoms with van der Waals surface area (Å²) in [6, 6.07) is 15.3. The van der Waals surface area contributed by atoms with Crippen molar-refractivity contribution in [1.82, 2.24) is 0 Å². The highest BCUT2D eigenvalue weighted by atomic mass is 19.4. The van der Waals surface area contributed by atoms with Gasteiger partial charge in [0.15, 0.2) is 0 Å². The highest BCUT2D eigenvalue weighted by Gasteiger charge is 2.31. The van der Waals surface area contributed by atoms with E-state index in [9.17, 15) is 13.2 Å². The minimum atomic E-state index is -4.70. The van der Waals surface area contributed by atoms with Crippen molar-refractivity contribution in [1.29, 1.82) is 0 Å². The fourth-order valence-corrected chi connectivity index (χ4v) is 1.64. The number of para-hydroxylation sites is 1. The molecule has 0 spiro atoms. The second-order valence-electron chi connectivity index (χ2n) is 4.04. The zero-order valence-corrected chi connectivity index (χ0v) is 10.5. The van der Waals surface area contributed by atoms with Crippen molar-refractivity contribution >= 4 is 6.21 Å². The molecule has 5 heteroatoms. The van der Waals surface area contributed by atoms with Crippen molar-refractivity contribution < 1.29 is 17.9 Å². The molecule has 0 aliphatic heterocycles. The van der Waals surface area contributed by atoms with Gasteiger partial charge in [-0.15, -0.1) is 13.2 Å². The molecule has 2 aromatic carbocycles. The summed E-state index contributed by atoms with van der Waals surface area (Å²) in [6.07, 6.45) is -3.32. The molecule has 20 heavy (non-hydrogen) atoms. The van der Waals surface area contributed by atoms with Crippen LogP contribution in [0, 0.1) is 0 Å². The van der Waals surface area contributed by atoms with Crippen molar-refractivity contribution in [3.05, 3.63) is 65.7 Å². The molecule has 0 heterocycles. The number of nitrogens with zero attached hydrogens (tertiary/aromatic N) is 1. The van der Waals surface area contributed by atoms with E-state index in [1.54, 1.807) is 6.07 Å². The summed E-state index contributed by atoms with van der Waals surface area (Å²) < 4.78 is 40.7. The highest BCUT2D eigenvalue weighted by Crippen LogP contribution is 2.25. The van der Waals surface area contributed by atoms with E-state index in [0.717, 1.165) is 5.56 Å². The zero-order valence-electron chi connectivity index (χ0n) is 10.5. The fourth-order valence-electron chi connectivity index (χ4n) is 1.64. The Labute approximate surface area is 114 Å². The number of hydrogen-bond donors (Lipinski definition) is 0. The van der Waals surface area contributed by atoms with Gasteiger partial charge >= 0.3 is 6.36 Å². The van der Waals surface area contributed by atoms with Crippen LogP contribution in [0.4, 0.5) is 13.2 Å². The van der Waals surface area contributed by atoms with Crippen LogP contribution < -0.4 is 4.74 Å². The molecule has 0 amide bonds. The van der Waals surface area contributed by atoms with Crippen LogP contribution in [0.5, 0.6) is 5.75 Å². The molecule has 0 bridgehead atoms. The first kappa shape index (κ1) is 14.1. The van der Waals surface area contributed by atoms with Gasteiger partial charge in [-0.05, 0) is 17.7 Å². The Morgan fingerprint density at radius 1 is 0.950 bits per heavy atom. The molecule has 0 radical (unpaired) electrons. The normalized spacial score (nSPS) is 11.8. The van der Waals surface area contributed by atoms with Gasteiger partial charge in [-0.1, -0.05) is 42.5 Å². The van der Waals surface area contributed by atoms with Crippen LogP contribution in [0.1, 0.15) is 11.1 Å². The van der Waals surface area contributed by atoms with Crippen molar-refractivity contribution in [3.63, 3.8) is 0 Å². The Kier molecular flexibility index (Phi) is 4.40. The van der Waals surface area contributed by atoms with E-state index in [1.165, 1.54) is 24.4 Å². The maximum Gasteiger partial charge on any atom is 0.573 e. The van der Waals surface area contributed by atoms with Gasteiger partial charge in [0.25, 0.3) is 0 Å². The zero-order chi connectivity index (χ0) is 14.4. The lowest BCUT2D eigenvalue weighted by Gasteiger charge is -2.10. The molecule has 0 unspecified atom stereocenters. The van der Waals surface area contributed by atoms with E-state index >= 15 is 0 Å². The van der Waals surface area contributed by atoms with Crippen LogP contribution >= 0.6 is 0 Å². The topological polar surface area (TPSA) is 21.6 Å². The first-order valence-electron chi connectivity index (χ1n) is 5.93. The smallest absolute Gasteiger partial charge is 0.405 e. The standard InChI is InChI=1S/C15H12F3NO/c16-15(17,18)20-14-9-5-4-8-13(14)11-19-10-12-6-2-1-3-7-12/h1-9,11H,10H2. The number of halogens is 3. The van der Waals surface area contributed by atoms with Gasteiger partial charge in [0.1, 0.15) is 5.75 Å². The third-order valence-corrected chi connectivity index (χ3v) is 2.49. The second-order valence-corrected chi connectivity index (χ2v) is 4.04. The van der Waals surface area contributed by atoms with E-state index in [0.29, 0.717) is 12.1 Å². The maximum absolute atomic E-state index is 12.2. The van der Waals surface area contributed by atoms with Crippen molar-refractivity contribution in [3.8, 4) is 5.75 Å². The minimum Gasteiger partial charge on any atom is -0.405 e. The molecule has 0 saturated carbocycles. The van der Waals surface area contributed by atoms with Crippen molar-refractivity contribution in [2.75, 3.05) is 0 Å². The van der Waals surface area contributed by atoms with Crippen LogP contribution in [0.2, 0.25) is 0 Å². The Morgan fingerprint density at radius 2 is 1.60 bits per heavy atom. The third-order valence-electron chi connectivity index (χ3n) is 2.49. The molecule has 0 fully saturated rings. The van der Waals surface area contributed by atoms with Crippen LogP contribution in [0.25, 0.3) is 0 Å². The largest absolute Gasteiger partial charge is 0.573 e. The SMILES string of the molecule is FC(F)(F)Oc1ccccc1C=NCc1ccccc1. The predicted molar refractivity (Wildman–Crippen MR) is 70.9 cm³/mol. The van der Waals surface area contributed by atoms with E-state index in [1.807, 2.05) is 30.3 Å². The Hall–Kier alpha value is -2.30. The highest BCUT2D eigenvalue weighted by molar-refractivity contribution is 5.83. The second kappa shape index (κ2) is 6.23. The van der Waals surface area contributed by atoms with Gasteiger partial charge in [0.2, 0.25) is 0 Å². The van der Waals surface area contributed by atoms with Crippen molar-refractivity contribution in [2.45, 2.75) is 12.9 Å². The van der Waals surface area contributed by atoms with Gasteiger partial charge < -0.3 is 4.74 Å². The number of hydrogen-bond acceptors (Lipinski definition) is 2. The maximum atomic E-state index is 12.2. The molecular formula is C15H12F3NO. The van der Waals surface area contributed by atoms with Crippen LogP contribution in [0.3, 0.4) is 0 Å². The molecule has 0 saturated heterocycles. The summed E-state index contributed by atoms with van der Waals surface area (Å²) >= 11 is 0. The number of alkyl halides is 3. The van der Waals surface area contributed by atoms with E-state index in [2.05, 4.69) is 9.73 Å². The summed E-state index contributed by atoms with van der Waals surface area (Å²) in [6.45, 7) is 0.404. The summed E-state index contributed by atoms with van der Waals surface area (Å²) in [4.78, 5) is 4.13. The average Bonchev–Trinajstić information content (AvgIpc) is 2.40. The fraction of sp³-hybridized carbons (Fsp3) is 0.133. The lowest BCUT2D eigenvalue weighted by molar-refractivity contribution is -0.274. The van der Waals surface area contributed by atoms with E-state index in [-0.39, 0.29) is 5.75 Å². The lowest BCUT2D eigenvalue weighted by Crippen LogP contribution is -2.18. The summed E-state index contributed by atoms with van der Waals surface area (Å²) in [5, 5.41) is 0. The van der Waals surface area contributed by atoms with Gasteiger partial charge in [0, 0.05) is 11.8 Å². The molecule has 2 aromatic rings. The van der Waals surface area contributed by atoms with Crippen LogP contribution in [-0.4, -0.2) is 12.6 Å². The Morgan fingerprint density at radius 3 is 2.30 bits per heavy atom. The quantitative estimate of drug-likeness (QED) is 0.768. The van der Waals surface area contributed by atoms with E-state index < -0.39 is 6.36 Å². The summed E-state index contributed by atoms with van der Waals surface area (Å²) in [7, 11) is 0. The first-order valence-corrected chi connectivity index (χ1v) is 5.93. The van der Waals surface area contributed by atoms with Crippen LogP contribution in [0.15, 0.2) is 59.6 Å². The van der Waals surface area contributed by atoms with Gasteiger partial charge in [0.05, 0.1) is 6.54 Å². The van der Waals surface area contributed by atoms with Crippen molar-refractivity contribution in [2.24, 2.45) is 4.99 Å². The summed E-state index contributed by atoms with van der Waals surface area (Å²) in [5.74, 6) is -0.253. The molecule has 0 N–H and O–H groups in total. The molecule has 2 rings (SSSR count). The molecule has 0 aromatic heterocycles. The monoisotopic (exact) mass is 279 g/mol. The molecule has 104 valence electrons. The van der Waals surface area contributed by atoms with Gasteiger partial charge in [-0.3, -0.25) is 4.99 Å². The van der Waals surface area contributed by atoms with Gasteiger partial charge in [-0.25, -0.2) is 0 Å². The number of rotatable bonds is 4. The molecule has 0 aliphatic rings. The first-order chi connectivity index (χ1) is 9.54. The lowest BCUT2D eigenvalue weighted by atomic mass is 10.2. The number of ether oxygens (including phenoxy) is 1. The molecule has 0 atom stereocenters. The molecular weight excluding hydrogens is 267 g/mol. The Balaban J connectivity index is 2.09. The third kappa shape index (κ3) is 4.42. The van der Waals surface area contributed by atoms with Gasteiger partial charge in [-0.2, -0.15) is 0 Å². The van der Waals surface area contributed by atoms with Crippen LogP contribution in [-0.2, 0) is 6.54 Å². The number of aliphatic imine (C=N–C) groups is 1. The van der Waals surface area contributed by atoms with E-state index in [4.69, 9.17) is 0 Å².